The number of ketones is 1. The summed E-state index contributed by atoms with van der Waals surface area (Å²) in [6, 6.07) is 14.0. The summed E-state index contributed by atoms with van der Waals surface area (Å²) in [5.74, 6) is -1.93. The number of ether oxygens (including phenoxy) is 1. The molecule has 1 unspecified atom stereocenters. The number of carbonyl (C=O) groups excluding carboxylic acids is 3. The first-order valence-electron chi connectivity index (χ1n) is 9.35. The molecule has 0 saturated heterocycles. The van der Waals surface area contributed by atoms with E-state index >= 15 is 0 Å². The first-order chi connectivity index (χ1) is 14.0. The number of nitrogens with zero attached hydrogens (tertiary/aromatic N) is 2. The van der Waals surface area contributed by atoms with E-state index in [1.54, 1.807) is 37.3 Å². The van der Waals surface area contributed by atoms with Gasteiger partial charge in [-0.3, -0.25) is 9.59 Å². The van der Waals surface area contributed by atoms with E-state index in [1.165, 1.54) is 12.4 Å². The molecule has 2 aromatic carbocycles. The molecule has 0 spiro atoms. The molecule has 0 fully saturated rings. The predicted molar refractivity (Wildman–Crippen MR) is 109 cm³/mol. The van der Waals surface area contributed by atoms with Gasteiger partial charge in [0.2, 0.25) is 0 Å². The number of hydrogen-bond acceptors (Lipinski definition) is 6. The van der Waals surface area contributed by atoms with Gasteiger partial charge in [0.15, 0.2) is 5.78 Å². The van der Waals surface area contributed by atoms with Crippen molar-refractivity contribution in [2.45, 2.75) is 19.0 Å². The van der Waals surface area contributed by atoms with Crippen LogP contribution < -0.4 is 5.32 Å². The Morgan fingerprint density at radius 2 is 1.86 bits per heavy atom. The second kappa shape index (κ2) is 7.43. The standard InChI is InChI=1S/C22H19N3O4/c1-2-29-21(28)22(23-10-11-24-22)18-13-15-12-14(8-9-17(15)19(18)26)20(27)25-16-6-4-3-5-7-16/h3-12,18H,2,13H2,1H3,(H,25,27). The van der Waals surface area contributed by atoms with Gasteiger partial charge in [0.1, 0.15) is 0 Å². The van der Waals surface area contributed by atoms with Gasteiger partial charge in [-0.1, -0.05) is 24.3 Å². The molecule has 1 aliphatic heterocycles. The van der Waals surface area contributed by atoms with Gasteiger partial charge in [-0.15, -0.1) is 0 Å². The summed E-state index contributed by atoms with van der Waals surface area (Å²) in [7, 11) is 0. The SMILES string of the molecule is CCOC(=O)C1(C2Cc3cc(C(=O)Nc4ccccc4)ccc3C2=O)N=CC=N1. The monoisotopic (exact) mass is 389 g/mol. The van der Waals surface area contributed by atoms with Gasteiger partial charge in [0, 0.05) is 29.2 Å². The van der Waals surface area contributed by atoms with Crippen molar-refractivity contribution in [3.8, 4) is 0 Å². The fourth-order valence-corrected chi connectivity index (χ4v) is 3.69. The minimum atomic E-state index is -1.58. The fraction of sp³-hybridized carbons (Fsp3) is 0.227. The van der Waals surface area contributed by atoms with Crippen molar-refractivity contribution in [1.82, 2.24) is 0 Å². The van der Waals surface area contributed by atoms with E-state index in [0.29, 0.717) is 22.4 Å². The van der Waals surface area contributed by atoms with Crippen LogP contribution >= 0.6 is 0 Å². The van der Waals surface area contributed by atoms with Crippen LogP contribution in [-0.2, 0) is 16.0 Å². The third-order valence-electron chi connectivity index (χ3n) is 5.08. The third-order valence-corrected chi connectivity index (χ3v) is 5.08. The first-order valence-corrected chi connectivity index (χ1v) is 9.35. The van der Waals surface area contributed by atoms with E-state index in [9.17, 15) is 14.4 Å². The second-order valence-corrected chi connectivity index (χ2v) is 6.82. The molecule has 2 aromatic rings. The Balaban J connectivity index is 1.60. The van der Waals surface area contributed by atoms with Crippen LogP contribution in [0.25, 0.3) is 0 Å². The Kier molecular flexibility index (Phi) is 4.80. The molecule has 0 radical (unpaired) electrons. The van der Waals surface area contributed by atoms with Crippen LogP contribution in [-0.4, -0.2) is 42.4 Å². The summed E-state index contributed by atoms with van der Waals surface area (Å²) >= 11 is 0. The van der Waals surface area contributed by atoms with Gasteiger partial charge in [-0.25, -0.2) is 14.8 Å². The van der Waals surface area contributed by atoms with Crippen LogP contribution in [0.2, 0.25) is 0 Å². The number of benzene rings is 2. The number of amides is 1. The molecule has 1 atom stereocenters. The summed E-state index contributed by atoms with van der Waals surface area (Å²) in [4.78, 5) is 46.5. The van der Waals surface area contributed by atoms with Crippen molar-refractivity contribution in [2.24, 2.45) is 15.9 Å². The number of carbonyl (C=O) groups is 3. The molecule has 29 heavy (non-hydrogen) atoms. The maximum atomic E-state index is 13.0. The lowest BCUT2D eigenvalue weighted by molar-refractivity contribution is -0.150. The van der Waals surface area contributed by atoms with Crippen LogP contribution in [0.1, 0.15) is 33.2 Å². The van der Waals surface area contributed by atoms with Gasteiger partial charge >= 0.3 is 5.97 Å². The van der Waals surface area contributed by atoms with Crippen molar-refractivity contribution in [3.05, 3.63) is 65.2 Å². The minimum Gasteiger partial charge on any atom is -0.463 e. The Bertz CT molecular complexity index is 1030. The number of Topliss-reactive ketones (excluding diaryl/α,β-unsaturated/α-hetero) is 1. The molecule has 1 aliphatic carbocycles. The van der Waals surface area contributed by atoms with Crippen LogP contribution in [0.5, 0.6) is 0 Å². The van der Waals surface area contributed by atoms with E-state index in [-0.39, 0.29) is 24.7 Å². The maximum absolute atomic E-state index is 13.0. The van der Waals surface area contributed by atoms with Crippen LogP contribution in [0.15, 0.2) is 58.5 Å². The molecule has 1 N–H and O–H groups in total. The van der Waals surface area contributed by atoms with Gasteiger partial charge in [0.25, 0.3) is 11.6 Å². The highest BCUT2D eigenvalue weighted by molar-refractivity contribution is 6.20. The summed E-state index contributed by atoms with van der Waals surface area (Å²) in [6.45, 7) is 1.86. The number of aliphatic imine (C=N–C) groups is 2. The summed E-state index contributed by atoms with van der Waals surface area (Å²) in [6.07, 6.45) is 3.08. The van der Waals surface area contributed by atoms with E-state index in [1.807, 2.05) is 18.2 Å². The summed E-state index contributed by atoms with van der Waals surface area (Å²) in [5.41, 5.74) is 0.708. The largest absolute Gasteiger partial charge is 0.463 e. The van der Waals surface area contributed by atoms with Gasteiger partial charge < -0.3 is 10.1 Å². The predicted octanol–water partition coefficient (Wildman–Crippen LogP) is 2.71. The zero-order chi connectivity index (χ0) is 20.4. The number of nitrogens with one attached hydrogen (secondary N) is 1. The molecular formula is C22H19N3O4. The number of fused-ring (bicyclic) bond motifs is 1. The zero-order valence-corrected chi connectivity index (χ0v) is 15.8. The molecular weight excluding hydrogens is 370 g/mol. The minimum absolute atomic E-state index is 0.170. The topological polar surface area (TPSA) is 97.2 Å². The van der Waals surface area contributed by atoms with Crippen molar-refractivity contribution in [2.75, 3.05) is 11.9 Å². The Morgan fingerprint density at radius 1 is 1.14 bits per heavy atom. The van der Waals surface area contributed by atoms with Crippen LogP contribution in [0.3, 0.4) is 0 Å². The molecule has 7 heteroatoms. The number of esters is 1. The summed E-state index contributed by atoms with van der Waals surface area (Å²) < 4.78 is 5.13. The quantitative estimate of drug-likeness (QED) is 0.795. The van der Waals surface area contributed by atoms with Crippen molar-refractivity contribution >= 4 is 35.8 Å². The van der Waals surface area contributed by atoms with Gasteiger partial charge in [0.05, 0.1) is 12.5 Å². The van der Waals surface area contributed by atoms with Crippen molar-refractivity contribution in [1.29, 1.82) is 0 Å². The Morgan fingerprint density at radius 3 is 2.55 bits per heavy atom. The zero-order valence-electron chi connectivity index (χ0n) is 15.8. The molecule has 146 valence electrons. The molecule has 0 aromatic heterocycles. The maximum Gasteiger partial charge on any atom is 0.357 e. The third kappa shape index (κ3) is 3.24. The van der Waals surface area contributed by atoms with Crippen molar-refractivity contribution < 1.29 is 19.1 Å². The van der Waals surface area contributed by atoms with E-state index in [2.05, 4.69) is 15.3 Å². The normalized spacial score (nSPS) is 18.5. The average Bonchev–Trinajstić information content (AvgIpc) is 3.35. The van der Waals surface area contributed by atoms with Gasteiger partial charge in [-0.2, -0.15) is 0 Å². The highest BCUT2D eigenvalue weighted by Gasteiger charge is 2.54. The Labute approximate surface area is 167 Å². The molecule has 0 bridgehead atoms. The number of anilines is 1. The summed E-state index contributed by atoms with van der Waals surface area (Å²) in [5, 5.41) is 2.82. The van der Waals surface area contributed by atoms with Crippen LogP contribution in [0, 0.1) is 5.92 Å². The number of para-hydroxylation sites is 1. The lowest BCUT2D eigenvalue weighted by atomic mass is 9.89. The Hall–Kier alpha value is -3.61. The fourth-order valence-electron chi connectivity index (χ4n) is 3.69. The van der Waals surface area contributed by atoms with E-state index < -0.39 is 17.6 Å². The second-order valence-electron chi connectivity index (χ2n) is 6.82. The number of rotatable bonds is 5. The highest BCUT2D eigenvalue weighted by Crippen LogP contribution is 2.39. The lowest BCUT2D eigenvalue weighted by Gasteiger charge is -2.25. The molecule has 7 nitrogen and oxygen atoms in total. The molecule has 1 amide bonds. The lowest BCUT2D eigenvalue weighted by Crippen LogP contribution is -2.45. The van der Waals surface area contributed by atoms with Gasteiger partial charge in [-0.05, 0) is 43.2 Å². The molecule has 2 aliphatic rings. The van der Waals surface area contributed by atoms with E-state index in [0.717, 1.165) is 0 Å². The van der Waals surface area contributed by atoms with Crippen molar-refractivity contribution in [3.63, 3.8) is 0 Å². The highest BCUT2D eigenvalue weighted by atomic mass is 16.5. The van der Waals surface area contributed by atoms with Crippen LogP contribution in [0.4, 0.5) is 5.69 Å². The van der Waals surface area contributed by atoms with E-state index in [4.69, 9.17) is 4.74 Å². The first kappa shape index (κ1) is 18.7. The molecule has 0 saturated carbocycles. The average molecular weight is 389 g/mol. The number of hydrogen-bond donors (Lipinski definition) is 1. The molecule has 1 heterocycles. The molecule has 4 rings (SSSR count). The smallest absolute Gasteiger partial charge is 0.357 e.